The molecule has 0 fully saturated rings. The third-order valence-electron chi connectivity index (χ3n) is 3.57. The minimum Gasteiger partial charge on any atom is -0.497 e. The van der Waals surface area contributed by atoms with Crippen LogP contribution in [0.1, 0.15) is 21.1 Å². The maximum Gasteiger partial charge on any atom is 0.387 e. The zero-order valence-corrected chi connectivity index (χ0v) is 18.7. The van der Waals surface area contributed by atoms with Gasteiger partial charge < -0.3 is 20.1 Å². The van der Waals surface area contributed by atoms with Gasteiger partial charge in [0.05, 0.1) is 24.4 Å². The van der Waals surface area contributed by atoms with Crippen molar-refractivity contribution in [1.82, 2.24) is 15.6 Å². The van der Waals surface area contributed by atoms with Crippen molar-refractivity contribution in [3.8, 4) is 11.5 Å². The smallest absolute Gasteiger partial charge is 0.387 e. The molecule has 1 heterocycles. The number of hydrogen-bond acceptors (Lipinski definition) is 5. The number of guanidine groups is 1. The van der Waals surface area contributed by atoms with Crippen LogP contribution in [0, 0.1) is 13.8 Å². The number of halogens is 3. The molecule has 0 aliphatic rings. The van der Waals surface area contributed by atoms with Crippen LogP contribution < -0.4 is 20.1 Å². The van der Waals surface area contributed by atoms with Gasteiger partial charge >= 0.3 is 6.61 Å². The van der Waals surface area contributed by atoms with Gasteiger partial charge in [-0.1, -0.05) is 0 Å². The first-order valence-electron chi connectivity index (χ1n) is 7.92. The van der Waals surface area contributed by atoms with E-state index in [2.05, 4.69) is 25.3 Å². The fraction of sp³-hybridized carbons (Fsp3) is 0.412. The molecule has 0 amide bonds. The summed E-state index contributed by atoms with van der Waals surface area (Å²) >= 11 is 1.62. The Morgan fingerprint density at radius 2 is 1.96 bits per heavy atom. The van der Waals surface area contributed by atoms with Crippen LogP contribution in [0.25, 0.3) is 0 Å². The van der Waals surface area contributed by atoms with Crippen molar-refractivity contribution < 1.29 is 18.3 Å². The number of ether oxygens (including phenoxy) is 2. The summed E-state index contributed by atoms with van der Waals surface area (Å²) in [4.78, 5) is 9.65. The third kappa shape index (κ3) is 7.09. The standard InChI is InChI=1S/C17H22F2N4O2S.HI/c1-10-15(26-11(2)23-10)9-22-17(20-3)21-8-12-7-13(24-4)5-6-14(12)25-16(18)19;/h5-7,16H,8-9H2,1-4H3,(H2,20,21,22);1H. The second-order valence-corrected chi connectivity index (χ2v) is 6.66. The number of nitrogens with one attached hydrogen (secondary N) is 2. The lowest BCUT2D eigenvalue weighted by Crippen LogP contribution is -2.36. The number of alkyl halides is 2. The topological polar surface area (TPSA) is 67.8 Å². The van der Waals surface area contributed by atoms with Crippen LogP contribution >= 0.6 is 35.3 Å². The number of benzene rings is 1. The Labute approximate surface area is 178 Å². The Kier molecular flexibility index (Phi) is 9.70. The first-order chi connectivity index (χ1) is 12.4. The predicted octanol–water partition coefficient (Wildman–Crippen LogP) is 3.85. The van der Waals surface area contributed by atoms with Gasteiger partial charge in [-0.15, -0.1) is 35.3 Å². The van der Waals surface area contributed by atoms with Crippen molar-refractivity contribution in [2.45, 2.75) is 33.5 Å². The van der Waals surface area contributed by atoms with Gasteiger partial charge in [0.15, 0.2) is 5.96 Å². The predicted molar refractivity (Wildman–Crippen MR) is 114 cm³/mol. The van der Waals surface area contributed by atoms with Crippen LogP contribution in [-0.4, -0.2) is 31.7 Å². The lowest BCUT2D eigenvalue weighted by Gasteiger charge is -2.15. The summed E-state index contributed by atoms with van der Waals surface area (Å²) in [5, 5.41) is 7.28. The van der Waals surface area contributed by atoms with Gasteiger partial charge in [-0.25, -0.2) is 4.98 Å². The Hall–Kier alpha value is -1.69. The Balaban J connectivity index is 0.00000364. The second kappa shape index (κ2) is 11.2. The third-order valence-corrected chi connectivity index (χ3v) is 4.64. The minimum atomic E-state index is -2.89. The van der Waals surface area contributed by atoms with Crippen molar-refractivity contribution in [2.24, 2.45) is 4.99 Å². The van der Waals surface area contributed by atoms with Crippen LogP contribution in [0.5, 0.6) is 11.5 Å². The van der Waals surface area contributed by atoms with Gasteiger partial charge in [0.1, 0.15) is 11.5 Å². The van der Waals surface area contributed by atoms with Gasteiger partial charge in [0.25, 0.3) is 0 Å². The lowest BCUT2D eigenvalue weighted by atomic mass is 10.2. The molecule has 1 aromatic carbocycles. The quantitative estimate of drug-likeness (QED) is 0.335. The monoisotopic (exact) mass is 512 g/mol. The summed E-state index contributed by atoms with van der Waals surface area (Å²) in [7, 11) is 3.16. The lowest BCUT2D eigenvalue weighted by molar-refractivity contribution is -0.0504. The average Bonchev–Trinajstić information content (AvgIpc) is 2.93. The van der Waals surface area contributed by atoms with Crippen LogP contribution in [0.3, 0.4) is 0 Å². The maximum absolute atomic E-state index is 12.6. The van der Waals surface area contributed by atoms with Crippen LogP contribution in [0.2, 0.25) is 0 Å². The molecule has 0 aliphatic carbocycles. The SMILES string of the molecule is CN=C(NCc1cc(OC)ccc1OC(F)F)NCc1sc(C)nc1C.I. The van der Waals surface area contributed by atoms with Crippen molar-refractivity contribution in [1.29, 1.82) is 0 Å². The Morgan fingerprint density at radius 3 is 2.52 bits per heavy atom. The van der Waals surface area contributed by atoms with Gasteiger partial charge in [-0.05, 0) is 32.0 Å². The number of methoxy groups -OCH3 is 1. The highest BCUT2D eigenvalue weighted by molar-refractivity contribution is 14.0. The first-order valence-corrected chi connectivity index (χ1v) is 8.73. The molecular formula is C17H23F2IN4O2S. The van der Waals surface area contributed by atoms with E-state index in [1.165, 1.54) is 13.2 Å². The normalized spacial score (nSPS) is 11.1. The molecule has 10 heteroatoms. The van der Waals surface area contributed by atoms with E-state index in [0.29, 0.717) is 23.8 Å². The van der Waals surface area contributed by atoms with E-state index in [1.54, 1.807) is 30.5 Å². The van der Waals surface area contributed by atoms with E-state index in [0.717, 1.165) is 15.6 Å². The fourth-order valence-electron chi connectivity index (χ4n) is 2.33. The second-order valence-electron chi connectivity index (χ2n) is 5.37. The first kappa shape index (κ1) is 23.3. The molecule has 0 unspecified atom stereocenters. The van der Waals surface area contributed by atoms with Crippen molar-refractivity contribution in [3.05, 3.63) is 39.3 Å². The molecule has 0 atom stereocenters. The summed E-state index contributed by atoms with van der Waals surface area (Å²) in [6.45, 7) is 1.86. The van der Waals surface area contributed by atoms with Gasteiger partial charge in [0, 0.05) is 24.0 Å². The van der Waals surface area contributed by atoms with E-state index < -0.39 is 6.61 Å². The number of rotatable bonds is 7. The van der Waals surface area contributed by atoms with Gasteiger partial charge in [0.2, 0.25) is 0 Å². The number of hydrogen-bond donors (Lipinski definition) is 2. The molecule has 0 saturated carbocycles. The molecule has 150 valence electrons. The van der Waals surface area contributed by atoms with E-state index >= 15 is 0 Å². The molecule has 2 aromatic rings. The zero-order chi connectivity index (χ0) is 19.1. The minimum absolute atomic E-state index is 0. The number of nitrogens with zero attached hydrogens (tertiary/aromatic N) is 2. The summed E-state index contributed by atoms with van der Waals surface area (Å²) in [5.74, 6) is 1.20. The van der Waals surface area contributed by atoms with E-state index in [1.807, 2.05) is 13.8 Å². The highest BCUT2D eigenvalue weighted by Gasteiger charge is 2.12. The Bertz CT molecular complexity index is 771. The summed E-state index contributed by atoms with van der Waals surface area (Å²) < 4.78 is 34.9. The number of aliphatic imine (C=N–C) groups is 1. The maximum atomic E-state index is 12.6. The van der Waals surface area contributed by atoms with E-state index in [4.69, 9.17) is 4.74 Å². The highest BCUT2D eigenvalue weighted by atomic mass is 127. The highest BCUT2D eigenvalue weighted by Crippen LogP contribution is 2.25. The molecule has 0 aliphatic heterocycles. The molecule has 2 rings (SSSR count). The summed E-state index contributed by atoms with van der Waals surface area (Å²) in [6.07, 6.45) is 0. The molecule has 0 radical (unpaired) electrons. The molecule has 0 saturated heterocycles. The van der Waals surface area contributed by atoms with Crippen molar-refractivity contribution in [3.63, 3.8) is 0 Å². The molecule has 2 N–H and O–H groups in total. The number of thiazole rings is 1. The Morgan fingerprint density at radius 1 is 1.26 bits per heavy atom. The molecule has 1 aromatic heterocycles. The van der Waals surface area contributed by atoms with Gasteiger partial charge in [-0.3, -0.25) is 4.99 Å². The van der Waals surface area contributed by atoms with Crippen LogP contribution in [0.15, 0.2) is 23.2 Å². The molecule has 0 spiro atoms. The van der Waals surface area contributed by atoms with Crippen molar-refractivity contribution >= 4 is 41.3 Å². The van der Waals surface area contributed by atoms with Crippen LogP contribution in [-0.2, 0) is 13.1 Å². The van der Waals surface area contributed by atoms with E-state index in [-0.39, 0.29) is 36.3 Å². The van der Waals surface area contributed by atoms with Gasteiger partial charge in [-0.2, -0.15) is 8.78 Å². The molecular weight excluding hydrogens is 489 g/mol. The fourth-order valence-corrected chi connectivity index (χ4v) is 3.21. The molecule has 27 heavy (non-hydrogen) atoms. The van der Waals surface area contributed by atoms with Crippen LogP contribution in [0.4, 0.5) is 8.78 Å². The summed E-state index contributed by atoms with van der Waals surface area (Å²) in [5.41, 5.74) is 1.52. The molecule has 6 nitrogen and oxygen atoms in total. The van der Waals surface area contributed by atoms with Crippen molar-refractivity contribution in [2.75, 3.05) is 14.2 Å². The summed E-state index contributed by atoms with van der Waals surface area (Å²) in [6, 6.07) is 4.68. The van der Waals surface area contributed by atoms with E-state index in [9.17, 15) is 8.78 Å². The number of aromatic nitrogens is 1. The number of aryl methyl sites for hydroxylation is 2. The largest absolute Gasteiger partial charge is 0.497 e. The zero-order valence-electron chi connectivity index (χ0n) is 15.5. The molecule has 0 bridgehead atoms. The average molecular weight is 512 g/mol.